The van der Waals surface area contributed by atoms with Gasteiger partial charge in [-0.3, -0.25) is 0 Å². The third kappa shape index (κ3) is 3.59. The maximum atomic E-state index is 10.0. The molecule has 1 aliphatic heterocycles. The molecule has 0 spiro atoms. The number of β-amino-alcohol motifs (C(OH)–C–C–N with tert-alkyl or cyclic N) is 1. The number of benzene rings is 1. The molecule has 3 heterocycles. The topological polar surface area (TPSA) is 54.2 Å². The fourth-order valence-electron chi connectivity index (χ4n) is 3.54. The largest absolute Gasteiger partial charge is 0.391 e. The number of hydrogen-bond donors (Lipinski definition) is 1. The molecule has 7 heteroatoms. The summed E-state index contributed by atoms with van der Waals surface area (Å²) in [5, 5.41) is 12.1. The molecule has 1 unspecified atom stereocenters. The summed E-state index contributed by atoms with van der Waals surface area (Å²) in [4.78, 5) is 11.9. The zero-order valence-corrected chi connectivity index (χ0v) is 17.8. The Morgan fingerprint density at radius 2 is 1.96 bits per heavy atom. The standard InChI is InChI=1S/C21H24Cl2N4O/c1-21(2,3)20-24-18-15(19(25-20)27-9-7-14(28)12-27)8-10-26(18)11-13-5-4-6-16(22)17(13)23/h4-6,8,10,14,28H,7,9,11-12H2,1-3H3. The van der Waals surface area contributed by atoms with Crippen LogP contribution in [0.5, 0.6) is 0 Å². The third-order valence-corrected chi connectivity index (χ3v) is 5.96. The highest BCUT2D eigenvalue weighted by Crippen LogP contribution is 2.32. The van der Waals surface area contributed by atoms with Crippen LogP contribution in [0.3, 0.4) is 0 Å². The van der Waals surface area contributed by atoms with E-state index in [1.54, 1.807) is 6.07 Å². The number of aliphatic hydroxyl groups excluding tert-OH is 1. The molecule has 1 fully saturated rings. The summed E-state index contributed by atoms with van der Waals surface area (Å²) in [5.41, 5.74) is 1.62. The van der Waals surface area contributed by atoms with Crippen LogP contribution in [0.15, 0.2) is 30.5 Å². The van der Waals surface area contributed by atoms with E-state index in [1.165, 1.54) is 0 Å². The number of halogens is 2. The molecule has 148 valence electrons. The van der Waals surface area contributed by atoms with Crippen molar-refractivity contribution in [3.63, 3.8) is 0 Å². The zero-order chi connectivity index (χ0) is 20.1. The van der Waals surface area contributed by atoms with Gasteiger partial charge in [0.1, 0.15) is 17.3 Å². The Labute approximate surface area is 174 Å². The molecule has 2 aromatic heterocycles. The van der Waals surface area contributed by atoms with Gasteiger partial charge in [-0.15, -0.1) is 0 Å². The van der Waals surface area contributed by atoms with E-state index in [1.807, 2.05) is 24.4 Å². The summed E-state index contributed by atoms with van der Waals surface area (Å²) in [7, 11) is 0. The van der Waals surface area contributed by atoms with Crippen molar-refractivity contribution in [2.75, 3.05) is 18.0 Å². The lowest BCUT2D eigenvalue weighted by atomic mass is 9.95. The SMILES string of the molecule is CC(C)(C)c1nc(N2CCC(O)C2)c2ccn(Cc3cccc(Cl)c3Cl)c2n1. The first-order chi connectivity index (χ1) is 13.2. The Hall–Kier alpha value is -1.82. The molecule has 3 aromatic rings. The quantitative estimate of drug-likeness (QED) is 0.671. The Morgan fingerprint density at radius 3 is 2.64 bits per heavy atom. The van der Waals surface area contributed by atoms with E-state index in [0.717, 1.165) is 41.2 Å². The Morgan fingerprint density at radius 1 is 1.18 bits per heavy atom. The van der Waals surface area contributed by atoms with Gasteiger partial charge in [0.2, 0.25) is 0 Å². The van der Waals surface area contributed by atoms with Crippen LogP contribution in [-0.2, 0) is 12.0 Å². The van der Waals surface area contributed by atoms with Gasteiger partial charge in [-0.1, -0.05) is 56.1 Å². The smallest absolute Gasteiger partial charge is 0.146 e. The average Bonchev–Trinajstić information content (AvgIpc) is 3.24. The normalized spacial score (nSPS) is 17.6. The van der Waals surface area contributed by atoms with Gasteiger partial charge in [0, 0.05) is 24.7 Å². The van der Waals surface area contributed by atoms with Gasteiger partial charge in [0.25, 0.3) is 0 Å². The number of anilines is 1. The maximum Gasteiger partial charge on any atom is 0.146 e. The lowest BCUT2D eigenvalue weighted by molar-refractivity contribution is 0.198. The van der Waals surface area contributed by atoms with Gasteiger partial charge >= 0.3 is 0 Å². The lowest BCUT2D eigenvalue weighted by Crippen LogP contribution is -2.25. The van der Waals surface area contributed by atoms with Gasteiger partial charge in [-0.25, -0.2) is 9.97 Å². The minimum atomic E-state index is -0.310. The summed E-state index contributed by atoms with van der Waals surface area (Å²) in [6.07, 6.45) is 2.46. The van der Waals surface area contributed by atoms with E-state index in [-0.39, 0.29) is 11.5 Å². The fraction of sp³-hybridized carbons (Fsp3) is 0.429. The monoisotopic (exact) mass is 418 g/mol. The molecule has 1 aromatic carbocycles. The van der Waals surface area contributed by atoms with Crippen LogP contribution in [-0.4, -0.2) is 38.8 Å². The van der Waals surface area contributed by atoms with Gasteiger partial charge in [-0.05, 0) is 24.1 Å². The van der Waals surface area contributed by atoms with Crippen LogP contribution < -0.4 is 4.90 Å². The predicted octanol–water partition coefficient (Wildman–Crippen LogP) is 4.65. The Kier molecular flexibility index (Phi) is 5.02. The van der Waals surface area contributed by atoms with Gasteiger partial charge in [0.05, 0.1) is 28.1 Å². The van der Waals surface area contributed by atoms with Crippen molar-refractivity contribution in [1.29, 1.82) is 0 Å². The van der Waals surface area contributed by atoms with Gasteiger partial charge in [-0.2, -0.15) is 0 Å². The second kappa shape index (κ2) is 7.21. The van der Waals surface area contributed by atoms with Crippen LogP contribution in [0.1, 0.15) is 38.6 Å². The number of rotatable bonds is 3. The molecule has 1 saturated heterocycles. The van der Waals surface area contributed by atoms with Crippen LogP contribution in [0.25, 0.3) is 11.0 Å². The summed E-state index contributed by atoms with van der Waals surface area (Å²) in [5.74, 6) is 1.68. The first-order valence-electron chi connectivity index (χ1n) is 9.47. The van der Waals surface area contributed by atoms with Crippen molar-refractivity contribution < 1.29 is 5.11 Å². The maximum absolute atomic E-state index is 10.0. The molecule has 1 atom stereocenters. The van der Waals surface area contributed by atoms with Crippen LogP contribution in [0.4, 0.5) is 5.82 Å². The van der Waals surface area contributed by atoms with E-state index < -0.39 is 0 Å². The minimum absolute atomic E-state index is 0.190. The van der Waals surface area contributed by atoms with Gasteiger partial charge in [0.15, 0.2) is 0 Å². The highest BCUT2D eigenvalue weighted by Gasteiger charge is 2.27. The van der Waals surface area contributed by atoms with Crippen LogP contribution in [0.2, 0.25) is 10.0 Å². The summed E-state index contributed by atoms with van der Waals surface area (Å²) in [6, 6.07) is 7.71. The van der Waals surface area contributed by atoms with Gasteiger partial charge < -0.3 is 14.6 Å². The molecule has 0 aliphatic carbocycles. The lowest BCUT2D eigenvalue weighted by Gasteiger charge is -2.23. The average molecular weight is 419 g/mol. The number of aliphatic hydroxyl groups is 1. The molecule has 4 rings (SSSR count). The van der Waals surface area contributed by atoms with Crippen molar-refractivity contribution >= 4 is 40.1 Å². The third-order valence-electron chi connectivity index (χ3n) is 5.10. The molecule has 0 radical (unpaired) electrons. The molecule has 0 saturated carbocycles. The van der Waals surface area contributed by atoms with E-state index in [0.29, 0.717) is 23.1 Å². The Bertz CT molecular complexity index is 1030. The minimum Gasteiger partial charge on any atom is -0.391 e. The van der Waals surface area contributed by atoms with Crippen molar-refractivity contribution in [1.82, 2.24) is 14.5 Å². The van der Waals surface area contributed by atoms with E-state index in [9.17, 15) is 5.11 Å². The molecular formula is C21H24Cl2N4O. The molecule has 1 N–H and O–H groups in total. The Balaban J connectivity index is 1.84. The van der Waals surface area contributed by atoms with Crippen LogP contribution >= 0.6 is 23.2 Å². The first kappa shape index (κ1) is 19.5. The van der Waals surface area contributed by atoms with E-state index >= 15 is 0 Å². The first-order valence-corrected chi connectivity index (χ1v) is 10.2. The summed E-state index contributed by atoms with van der Waals surface area (Å²) >= 11 is 12.6. The molecule has 1 aliphatic rings. The number of hydrogen-bond acceptors (Lipinski definition) is 4. The summed E-state index contributed by atoms with van der Waals surface area (Å²) < 4.78 is 2.08. The van der Waals surface area contributed by atoms with Crippen molar-refractivity contribution in [2.45, 2.75) is 45.3 Å². The number of aromatic nitrogens is 3. The molecule has 0 amide bonds. The second-order valence-corrected chi connectivity index (χ2v) is 9.19. The predicted molar refractivity (Wildman–Crippen MR) is 115 cm³/mol. The van der Waals surface area contributed by atoms with E-state index in [4.69, 9.17) is 33.2 Å². The molecule has 28 heavy (non-hydrogen) atoms. The zero-order valence-electron chi connectivity index (χ0n) is 16.3. The summed E-state index contributed by atoms with van der Waals surface area (Å²) in [6.45, 7) is 8.29. The fourth-order valence-corrected chi connectivity index (χ4v) is 3.92. The molecule has 5 nitrogen and oxygen atoms in total. The van der Waals surface area contributed by atoms with E-state index in [2.05, 4.69) is 30.2 Å². The van der Waals surface area contributed by atoms with Crippen molar-refractivity contribution in [2.24, 2.45) is 0 Å². The number of fused-ring (bicyclic) bond motifs is 1. The van der Waals surface area contributed by atoms with Crippen LogP contribution in [0, 0.1) is 0 Å². The highest BCUT2D eigenvalue weighted by atomic mass is 35.5. The molecular weight excluding hydrogens is 395 g/mol. The molecule has 0 bridgehead atoms. The highest BCUT2D eigenvalue weighted by molar-refractivity contribution is 6.42. The van der Waals surface area contributed by atoms with Crippen molar-refractivity contribution in [3.05, 3.63) is 51.9 Å². The van der Waals surface area contributed by atoms with Crippen molar-refractivity contribution in [3.8, 4) is 0 Å². The second-order valence-electron chi connectivity index (χ2n) is 8.40. The number of nitrogens with zero attached hydrogens (tertiary/aromatic N) is 4.